The molecule has 20 heavy (non-hydrogen) atoms. The fourth-order valence-electron chi connectivity index (χ4n) is 2.29. The minimum absolute atomic E-state index is 0.380. The number of carbonyl (C=O) groups is 1. The Morgan fingerprint density at radius 2 is 1.90 bits per heavy atom. The van der Waals surface area contributed by atoms with E-state index in [2.05, 4.69) is 4.98 Å². The minimum atomic E-state index is -0.380. The summed E-state index contributed by atoms with van der Waals surface area (Å²) < 4.78 is 10.2. The second-order valence-corrected chi connectivity index (χ2v) is 4.38. The van der Waals surface area contributed by atoms with Gasteiger partial charge >= 0.3 is 5.97 Å². The number of para-hydroxylation sites is 1. The number of pyridine rings is 1. The van der Waals surface area contributed by atoms with Gasteiger partial charge in [-0.15, -0.1) is 0 Å². The van der Waals surface area contributed by atoms with Crippen LogP contribution in [0.5, 0.6) is 5.75 Å². The average Bonchev–Trinajstić information content (AvgIpc) is 2.51. The van der Waals surface area contributed by atoms with Gasteiger partial charge in [0, 0.05) is 10.8 Å². The molecular formula is C16H13NO3. The number of rotatable bonds is 2. The zero-order chi connectivity index (χ0) is 14.1. The molecule has 1 aromatic heterocycles. The second kappa shape index (κ2) is 4.81. The largest absolute Gasteiger partial charge is 0.494 e. The zero-order valence-electron chi connectivity index (χ0n) is 11.2. The molecule has 3 aromatic rings. The zero-order valence-corrected chi connectivity index (χ0v) is 11.2. The fourth-order valence-corrected chi connectivity index (χ4v) is 2.29. The quantitative estimate of drug-likeness (QED) is 0.528. The van der Waals surface area contributed by atoms with E-state index < -0.39 is 0 Å². The van der Waals surface area contributed by atoms with Gasteiger partial charge in [0.15, 0.2) is 0 Å². The molecule has 0 amide bonds. The van der Waals surface area contributed by atoms with Crippen LogP contribution in [-0.4, -0.2) is 25.2 Å². The molecule has 0 saturated carbocycles. The van der Waals surface area contributed by atoms with Crippen LogP contribution >= 0.6 is 0 Å². The van der Waals surface area contributed by atoms with E-state index in [4.69, 9.17) is 9.47 Å². The van der Waals surface area contributed by atoms with Crippen molar-refractivity contribution in [2.24, 2.45) is 0 Å². The van der Waals surface area contributed by atoms with Gasteiger partial charge in [-0.25, -0.2) is 9.78 Å². The highest BCUT2D eigenvalue weighted by atomic mass is 16.5. The molecule has 2 aromatic carbocycles. The van der Waals surface area contributed by atoms with Crippen molar-refractivity contribution >= 4 is 27.8 Å². The van der Waals surface area contributed by atoms with Crippen LogP contribution in [0.15, 0.2) is 42.5 Å². The first kappa shape index (κ1) is 12.4. The summed E-state index contributed by atoms with van der Waals surface area (Å²) in [6.45, 7) is 0. The minimum Gasteiger partial charge on any atom is -0.494 e. The molecule has 0 N–H and O–H groups in total. The first-order valence-corrected chi connectivity index (χ1v) is 6.19. The highest BCUT2D eigenvalue weighted by Crippen LogP contribution is 2.30. The predicted octanol–water partition coefficient (Wildman–Crippen LogP) is 3.18. The first-order valence-electron chi connectivity index (χ1n) is 6.19. The fraction of sp³-hybridized carbons (Fsp3) is 0.125. The monoisotopic (exact) mass is 267 g/mol. The van der Waals surface area contributed by atoms with Gasteiger partial charge in [0.2, 0.25) is 0 Å². The molecule has 0 radical (unpaired) electrons. The summed E-state index contributed by atoms with van der Waals surface area (Å²) in [5.74, 6) is 0.258. The Kier molecular flexibility index (Phi) is 2.99. The molecule has 0 aliphatic heterocycles. The van der Waals surface area contributed by atoms with Crippen LogP contribution in [0.4, 0.5) is 0 Å². The number of carbonyl (C=O) groups excluding carboxylic acids is 1. The normalized spacial score (nSPS) is 10.7. The van der Waals surface area contributed by atoms with Crippen molar-refractivity contribution in [1.82, 2.24) is 4.98 Å². The number of methoxy groups -OCH3 is 2. The number of aromatic nitrogens is 1. The molecule has 0 saturated heterocycles. The molecule has 0 aliphatic carbocycles. The summed E-state index contributed by atoms with van der Waals surface area (Å²) in [6.07, 6.45) is 0. The molecule has 0 unspecified atom stereocenters. The van der Waals surface area contributed by atoms with E-state index in [1.165, 1.54) is 7.11 Å². The van der Waals surface area contributed by atoms with E-state index in [0.717, 1.165) is 16.3 Å². The Hall–Kier alpha value is -2.62. The highest BCUT2D eigenvalue weighted by Gasteiger charge is 2.15. The van der Waals surface area contributed by atoms with Crippen molar-refractivity contribution in [3.63, 3.8) is 0 Å². The van der Waals surface area contributed by atoms with Gasteiger partial charge in [-0.1, -0.05) is 18.2 Å². The summed E-state index contributed by atoms with van der Waals surface area (Å²) in [7, 11) is 2.95. The molecule has 100 valence electrons. The lowest BCUT2D eigenvalue weighted by atomic mass is 10.0. The van der Waals surface area contributed by atoms with Crippen LogP contribution in [0.1, 0.15) is 10.4 Å². The third-order valence-electron chi connectivity index (χ3n) is 3.27. The van der Waals surface area contributed by atoms with Gasteiger partial charge in [0.1, 0.15) is 11.3 Å². The Balaban J connectivity index is 2.43. The smallest absolute Gasteiger partial charge is 0.338 e. The van der Waals surface area contributed by atoms with E-state index in [1.54, 1.807) is 19.2 Å². The van der Waals surface area contributed by atoms with Crippen LogP contribution in [0.2, 0.25) is 0 Å². The van der Waals surface area contributed by atoms with Crippen molar-refractivity contribution in [2.75, 3.05) is 14.2 Å². The average molecular weight is 267 g/mol. The number of fused-ring (bicyclic) bond motifs is 2. The van der Waals surface area contributed by atoms with Crippen molar-refractivity contribution in [3.05, 3.63) is 48.0 Å². The van der Waals surface area contributed by atoms with E-state index >= 15 is 0 Å². The maximum atomic E-state index is 11.9. The lowest BCUT2D eigenvalue weighted by Gasteiger charge is -2.10. The SMILES string of the molecule is COC(=O)c1ccc(OC)c2nc3ccccc3cc12. The number of nitrogens with zero attached hydrogens (tertiary/aromatic N) is 1. The van der Waals surface area contributed by atoms with Crippen LogP contribution in [0.3, 0.4) is 0 Å². The van der Waals surface area contributed by atoms with E-state index in [9.17, 15) is 4.79 Å². The maximum absolute atomic E-state index is 11.9. The van der Waals surface area contributed by atoms with Gasteiger partial charge in [-0.3, -0.25) is 0 Å². The maximum Gasteiger partial charge on any atom is 0.338 e. The number of hydrogen-bond acceptors (Lipinski definition) is 4. The van der Waals surface area contributed by atoms with E-state index in [1.807, 2.05) is 30.3 Å². The number of hydrogen-bond donors (Lipinski definition) is 0. The number of esters is 1. The second-order valence-electron chi connectivity index (χ2n) is 4.38. The molecule has 0 atom stereocenters. The summed E-state index contributed by atoms with van der Waals surface area (Å²) in [4.78, 5) is 16.5. The van der Waals surface area contributed by atoms with Crippen LogP contribution in [0.25, 0.3) is 21.8 Å². The molecule has 4 nitrogen and oxygen atoms in total. The third-order valence-corrected chi connectivity index (χ3v) is 3.27. The van der Waals surface area contributed by atoms with Gasteiger partial charge in [0.25, 0.3) is 0 Å². The van der Waals surface area contributed by atoms with Gasteiger partial charge < -0.3 is 9.47 Å². The summed E-state index contributed by atoms with van der Waals surface area (Å²) in [6, 6.07) is 13.1. The van der Waals surface area contributed by atoms with Crippen molar-refractivity contribution in [2.45, 2.75) is 0 Å². The molecule has 1 heterocycles. The molecule has 3 rings (SSSR count). The van der Waals surface area contributed by atoms with Crippen molar-refractivity contribution in [3.8, 4) is 5.75 Å². The Bertz CT molecular complexity index is 811. The lowest BCUT2D eigenvalue weighted by molar-refractivity contribution is 0.0603. The van der Waals surface area contributed by atoms with Crippen molar-refractivity contribution < 1.29 is 14.3 Å². The predicted molar refractivity (Wildman–Crippen MR) is 77.1 cm³/mol. The van der Waals surface area contributed by atoms with Crippen LogP contribution < -0.4 is 4.74 Å². The summed E-state index contributed by atoms with van der Waals surface area (Å²) >= 11 is 0. The van der Waals surface area contributed by atoms with Crippen LogP contribution in [-0.2, 0) is 4.74 Å². The Morgan fingerprint density at radius 3 is 2.65 bits per heavy atom. The third kappa shape index (κ3) is 1.86. The topological polar surface area (TPSA) is 48.4 Å². The molecular weight excluding hydrogens is 254 g/mol. The molecule has 0 spiro atoms. The molecule has 0 aliphatic rings. The first-order chi connectivity index (χ1) is 9.74. The molecule has 4 heteroatoms. The highest BCUT2D eigenvalue weighted by molar-refractivity contribution is 6.08. The Morgan fingerprint density at radius 1 is 1.10 bits per heavy atom. The molecule has 0 fully saturated rings. The van der Waals surface area contributed by atoms with Gasteiger partial charge in [-0.2, -0.15) is 0 Å². The van der Waals surface area contributed by atoms with Gasteiger partial charge in [-0.05, 0) is 24.3 Å². The van der Waals surface area contributed by atoms with Crippen LogP contribution in [0, 0.1) is 0 Å². The van der Waals surface area contributed by atoms with Gasteiger partial charge in [0.05, 0.1) is 25.3 Å². The summed E-state index contributed by atoms with van der Waals surface area (Å²) in [5, 5.41) is 1.70. The molecule has 0 bridgehead atoms. The van der Waals surface area contributed by atoms with Crippen molar-refractivity contribution in [1.29, 1.82) is 0 Å². The Labute approximate surface area is 115 Å². The standard InChI is InChI=1S/C16H13NO3/c1-19-14-8-7-11(16(18)20-2)12-9-10-5-3-4-6-13(10)17-15(12)14/h3-9H,1-2H3. The lowest BCUT2D eigenvalue weighted by Crippen LogP contribution is -2.03. The van der Waals surface area contributed by atoms with E-state index in [0.29, 0.717) is 16.8 Å². The summed E-state index contributed by atoms with van der Waals surface area (Å²) in [5.41, 5.74) is 2.01. The number of benzene rings is 2. The number of ether oxygens (including phenoxy) is 2. The van der Waals surface area contributed by atoms with E-state index in [-0.39, 0.29) is 5.97 Å².